The predicted molar refractivity (Wildman–Crippen MR) is 124 cm³/mol. The molecular formula is C24H28N4O3S. The van der Waals surface area contributed by atoms with E-state index in [1.165, 1.54) is 4.31 Å². The number of nitrogens with zero attached hydrogens (tertiary/aromatic N) is 3. The summed E-state index contributed by atoms with van der Waals surface area (Å²) in [5, 5.41) is 2.97. The van der Waals surface area contributed by atoms with E-state index in [2.05, 4.69) is 14.9 Å². The minimum atomic E-state index is -3.52. The van der Waals surface area contributed by atoms with E-state index >= 15 is 0 Å². The number of benzene rings is 2. The van der Waals surface area contributed by atoms with Gasteiger partial charge in [0.25, 0.3) is 0 Å². The van der Waals surface area contributed by atoms with Gasteiger partial charge in [-0.1, -0.05) is 29.8 Å². The van der Waals surface area contributed by atoms with Gasteiger partial charge < -0.3 is 9.88 Å². The lowest BCUT2D eigenvalue weighted by Gasteiger charge is -2.30. The molecule has 0 spiro atoms. The molecule has 1 aromatic heterocycles. The van der Waals surface area contributed by atoms with Gasteiger partial charge in [-0.15, -0.1) is 0 Å². The molecule has 7 nitrogen and oxygen atoms in total. The lowest BCUT2D eigenvalue weighted by atomic mass is 9.97. The third-order valence-corrected chi connectivity index (χ3v) is 7.89. The highest BCUT2D eigenvalue weighted by atomic mass is 32.2. The van der Waals surface area contributed by atoms with Gasteiger partial charge >= 0.3 is 0 Å². The second-order valence-electron chi connectivity index (χ2n) is 8.28. The van der Waals surface area contributed by atoms with Crippen molar-refractivity contribution in [3.63, 3.8) is 0 Å². The Morgan fingerprint density at radius 2 is 1.69 bits per heavy atom. The second kappa shape index (κ2) is 9.26. The molecule has 0 radical (unpaired) electrons. The van der Waals surface area contributed by atoms with E-state index in [-0.39, 0.29) is 11.8 Å². The number of aromatic nitrogens is 2. The van der Waals surface area contributed by atoms with Gasteiger partial charge in [0, 0.05) is 43.6 Å². The first-order chi connectivity index (χ1) is 15.3. The van der Waals surface area contributed by atoms with E-state index in [4.69, 9.17) is 0 Å². The highest BCUT2D eigenvalue weighted by Gasteiger charge is 2.32. The summed E-state index contributed by atoms with van der Waals surface area (Å²) in [6.07, 6.45) is 4.74. The van der Waals surface area contributed by atoms with Crippen molar-refractivity contribution in [3.05, 3.63) is 77.9 Å². The van der Waals surface area contributed by atoms with E-state index < -0.39 is 10.0 Å². The summed E-state index contributed by atoms with van der Waals surface area (Å²) in [5.74, 6) is 0.696. The monoisotopic (exact) mass is 452 g/mol. The van der Waals surface area contributed by atoms with Crippen molar-refractivity contribution in [1.82, 2.24) is 13.9 Å². The van der Waals surface area contributed by atoms with Crippen LogP contribution in [-0.2, 0) is 21.4 Å². The molecule has 4 rings (SSSR count). The largest absolute Gasteiger partial charge is 0.331 e. The van der Waals surface area contributed by atoms with Gasteiger partial charge in [-0.3, -0.25) is 4.79 Å². The molecule has 0 saturated carbocycles. The number of carbonyl (C=O) groups is 1. The molecule has 0 bridgehead atoms. The molecule has 168 valence electrons. The smallest absolute Gasteiger partial charge is 0.243 e. The molecule has 0 unspecified atom stereocenters. The van der Waals surface area contributed by atoms with Crippen molar-refractivity contribution in [1.29, 1.82) is 0 Å². The number of amides is 1. The van der Waals surface area contributed by atoms with E-state index in [1.54, 1.807) is 30.5 Å². The molecular weight excluding hydrogens is 424 g/mol. The maximum atomic E-state index is 12.9. The van der Waals surface area contributed by atoms with E-state index in [0.717, 1.165) is 29.2 Å². The number of carbonyl (C=O) groups excluding carboxylic acids is 1. The van der Waals surface area contributed by atoms with E-state index in [0.29, 0.717) is 30.8 Å². The summed E-state index contributed by atoms with van der Waals surface area (Å²) in [4.78, 5) is 17.3. The third kappa shape index (κ3) is 4.92. The highest BCUT2D eigenvalue weighted by molar-refractivity contribution is 7.89. The van der Waals surface area contributed by atoms with E-state index in [9.17, 15) is 13.2 Å². The normalized spacial score (nSPS) is 15.6. The average Bonchev–Trinajstić information content (AvgIpc) is 3.19. The number of nitrogens with one attached hydrogen (secondary N) is 1. The summed E-state index contributed by atoms with van der Waals surface area (Å²) in [5.41, 5.74) is 2.89. The Labute approximate surface area is 189 Å². The number of hydrogen-bond acceptors (Lipinski definition) is 4. The van der Waals surface area contributed by atoms with Crippen LogP contribution in [0.2, 0.25) is 0 Å². The first kappa shape index (κ1) is 22.2. The number of imidazole rings is 1. The van der Waals surface area contributed by atoms with Crippen LogP contribution in [0.3, 0.4) is 0 Å². The number of piperidine rings is 1. The highest BCUT2D eigenvalue weighted by Crippen LogP contribution is 2.25. The first-order valence-electron chi connectivity index (χ1n) is 10.8. The van der Waals surface area contributed by atoms with Crippen LogP contribution in [0.5, 0.6) is 0 Å². The summed E-state index contributed by atoms with van der Waals surface area (Å²) in [6.45, 7) is 5.31. The fourth-order valence-electron chi connectivity index (χ4n) is 3.92. The van der Waals surface area contributed by atoms with Crippen LogP contribution in [0.15, 0.2) is 65.8 Å². The Balaban J connectivity index is 1.31. The summed E-state index contributed by atoms with van der Waals surface area (Å²) in [6, 6.07) is 14.7. The summed E-state index contributed by atoms with van der Waals surface area (Å²) < 4.78 is 29.2. The molecule has 1 amide bonds. The fraction of sp³-hybridized carbons (Fsp3) is 0.333. The fourth-order valence-corrected chi connectivity index (χ4v) is 5.39. The number of anilines is 1. The summed E-state index contributed by atoms with van der Waals surface area (Å²) >= 11 is 0. The molecule has 0 atom stereocenters. The van der Waals surface area contributed by atoms with Gasteiger partial charge in [-0.05, 0) is 56.5 Å². The van der Waals surface area contributed by atoms with Crippen LogP contribution >= 0.6 is 0 Å². The Morgan fingerprint density at radius 1 is 1.03 bits per heavy atom. The van der Waals surface area contributed by atoms with Gasteiger partial charge in [0.15, 0.2) is 0 Å². The number of hydrogen-bond donors (Lipinski definition) is 1. The molecule has 1 aliphatic rings. The lowest BCUT2D eigenvalue weighted by Crippen LogP contribution is -2.41. The molecule has 3 aromatic rings. The molecule has 8 heteroatoms. The zero-order valence-corrected chi connectivity index (χ0v) is 19.2. The zero-order chi connectivity index (χ0) is 22.7. The average molecular weight is 453 g/mol. The van der Waals surface area contributed by atoms with Crippen LogP contribution in [-0.4, -0.2) is 41.3 Å². The first-order valence-corrected chi connectivity index (χ1v) is 12.2. The molecule has 32 heavy (non-hydrogen) atoms. The van der Waals surface area contributed by atoms with Crippen molar-refractivity contribution in [2.45, 2.75) is 38.1 Å². The van der Waals surface area contributed by atoms with E-state index in [1.807, 2.05) is 44.3 Å². The van der Waals surface area contributed by atoms with Gasteiger partial charge in [-0.25, -0.2) is 13.4 Å². The Morgan fingerprint density at radius 3 is 2.28 bits per heavy atom. The molecule has 2 aromatic carbocycles. The van der Waals surface area contributed by atoms with Gasteiger partial charge in [0.05, 0.1) is 4.90 Å². The predicted octanol–water partition coefficient (Wildman–Crippen LogP) is 3.59. The van der Waals surface area contributed by atoms with Gasteiger partial charge in [0.2, 0.25) is 15.9 Å². The van der Waals surface area contributed by atoms with Crippen LogP contribution in [0.1, 0.15) is 29.8 Å². The van der Waals surface area contributed by atoms with Crippen molar-refractivity contribution in [2.24, 2.45) is 5.92 Å². The van der Waals surface area contributed by atoms with Crippen molar-refractivity contribution in [2.75, 3.05) is 18.4 Å². The molecule has 2 heterocycles. The Hall–Kier alpha value is -2.97. The summed E-state index contributed by atoms with van der Waals surface area (Å²) in [7, 11) is -3.52. The van der Waals surface area contributed by atoms with Crippen LogP contribution < -0.4 is 5.32 Å². The van der Waals surface area contributed by atoms with Gasteiger partial charge in [-0.2, -0.15) is 4.31 Å². The van der Waals surface area contributed by atoms with Crippen molar-refractivity contribution < 1.29 is 13.2 Å². The minimum Gasteiger partial charge on any atom is -0.331 e. The van der Waals surface area contributed by atoms with Crippen molar-refractivity contribution in [3.8, 4) is 0 Å². The number of rotatable bonds is 6. The molecule has 1 fully saturated rings. The maximum absolute atomic E-state index is 12.9. The van der Waals surface area contributed by atoms with Crippen LogP contribution in [0, 0.1) is 19.8 Å². The minimum absolute atomic E-state index is 0.0596. The second-order valence-corrected chi connectivity index (χ2v) is 10.2. The third-order valence-electron chi connectivity index (χ3n) is 5.98. The topological polar surface area (TPSA) is 84.3 Å². The zero-order valence-electron chi connectivity index (χ0n) is 18.4. The van der Waals surface area contributed by atoms with Crippen LogP contribution in [0.25, 0.3) is 0 Å². The van der Waals surface area contributed by atoms with Crippen LogP contribution in [0.4, 0.5) is 5.69 Å². The molecule has 1 saturated heterocycles. The Kier molecular flexibility index (Phi) is 6.43. The quantitative estimate of drug-likeness (QED) is 0.620. The van der Waals surface area contributed by atoms with Gasteiger partial charge in [0.1, 0.15) is 5.82 Å². The standard InChI is InChI=1S/C24H28N4O3S/c1-18-3-9-23(10-4-18)32(30,31)28-14-11-21(12-15-28)24(29)26-22-7-5-20(6-8-22)17-27-16-13-25-19(27)2/h3-10,13,16,21H,11-12,14-15,17H2,1-2H3,(H,26,29). The maximum Gasteiger partial charge on any atom is 0.243 e. The number of aryl methyl sites for hydroxylation is 2. The SMILES string of the molecule is Cc1ccc(S(=O)(=O)N2CCC(C(=O)Nc3ccc(Cn4ccnc4C)cc3)CC2)cc1. The molecule has 1 N–H and O–H groups in total. The molecule has 0 aliphatic carbocycles. The molecule has 1 aliphatic heterocycles. The van der Waals surface area contributed by atoms with Crippen molar-refractivity contribution >= 4 is 21.6 Å². The lowest BCUT2D eigenvalue weighted by molar-refractivity contribution is -0.120. The number of sulfonamides is 1. The Bertz CT molecular complexity index is 1180.